The van der Waals surface area contributed by atoms with E-state index in [1.165, 1.54) is 4.90 Å². The molecule has 0 unspecified atom stereocenters. The topological polar surface area (TPSA) is 57.6 Å². The van der Waals surface area contributed by atoms with Crippen LogP contribution in [0, 0.1) is 13.8 Å². The number of fused-ring (bicyclic) bond motifs is 1. The minimum absolute atomic E-state index is 0.0121. The van der Waals surface area contributed by atoms with Crippen molar-refractivity contribution in [3.8, 4) is 0 Å². The summed E-state index contributed by atoms with van der Waals surface area (Å²) in [7, 11) is 0. The van der Waals surface area contributed by atoms with Gasteiger partial charge in [-0.1, -0.05) is 12.1 Å². The zero-order valence-electron chi connectivity index (χ0n) is 9.99. The second-order valence-corrected chi connectivity index (χ2v) is 4.29. The second-order valence-electron chi connectivity index (χ2n) is 4.29. The van der Waals surface area contributed by atoms with Gasteiger partial charge in [-0.25, -0.2) is 0 Å². The number of amides is 1. The summed E-state index contributed by atoms with van der Waals surface area (Å²) in [5.74, 6) is -0.912. The largest absolute Gasteiger partial charge is 0.396 e. The fourth-order valence-electron chi connectivity index (χ4n) is 2.20. The van der Waals surface area contributed by atoms with Gasteiger partial charge in [0.2, 0.25) is 0 Å². The maximum Gasteiger partial charge on any atom is 0.299 e. The highest BCUT2D eigenvalue weighted by atomic mass is 16.3. The molecule has 1 heterocycles. The lowest BCUT2D eigenvalue weighted by Crippen LogP contribution is -2.31. The monoisotopic (exact) mass is 233 g/mol. The highest BCUT2D eigenvalue weighted by Gasteiger charge is 2.37. The number of rotatable bonds is 3. The van der Waals surface area contributed by atoms with E-state index >= 15 is 0 Å². The minimum Gasteiger partial charge on any atom is -0.396 e. The summed E-state index contributed by atoms with van der Waals surface area (Å²) in [6, 6.07) is 3.76. The number of aliphatic hydroxyl groups is 1. The maximum atomic E-state index is 11.9. The fourth-order valence-corrected chi connectivity index (χ4v) is 2.20. The summed E-state index contributed by atoms with van der Waals surface area (Å²) >= 11 is 0. The normalized spacial score (nSPS) is 14.4. The number of nitrogens with zero attached hydrogens (tertiary/aromatic N) is 1. The molecular formula is C13H15NO3. The van der Waals surface area contributed by atoms with Gasteiger partial charge >= 0.3 is 0 Å². The van der Waals surface area contributed by atoms with Gasteiger partial charge in [0.05, 0.1) is 11.3 Å². The lowest BCUT2D eigenvalue weighted by molar-refractivity contribution is -0.114. The van der Waals surface area contributed by atoms with E-state index in [0.29, 0.717) is 24.2 Å². The van der Waals surface area contributed by atoms with Crippen LogP contribution in [0.2, 0.25) is 0 Å². The van der Waals surface area contributed by atoms with E-state index in [2.05, 4.69) is 0 Å². The van der Waals surface area contributed by atoms with Crippen LogP contribution in [0.1, 0.15) is 27.9 Å². The van der Waals surface area contributed by atoms with Crippen molar-refractivity contribution in [3.63, 3.8) is 0 Å². The van der Waals surface area contributed by atoms with E-state index in [1.54, 1.807) is 0 Å². The van der Waals surface area contributed by atoms with E-state index in [-0.39, 0.29) is 6.61 Å². The number of hydrogen-bond donors (Lipinski definition) is 1. The molecule has 2 rings (SSSR count). The van der Waals surface area contributed by atoms with Gasteiger partial charge in [0.1, 0.15) is 0 Å². The first-order valence-electron chi connectivity index (χ1n) is 5.65. The number of hydrogen-bond acceptors (Lipinski definition) is 3. The smallest absolute Gasteiger partial charge is 0.299 e. The van der Waals surface area contributed by atoms with Crippen molar-refractivity contribution in [2.45, 2.75) is 20.3 Å². The lowest BCUT2D eigenvalue weighted by atomic mass is 10.0. The molecule has 4 heteroatoms. The minimum atomic E-state index is -0.481. The molecule has 0 saturated heterocycles. The van der Waals surface area contributed by atoms with E-state index in [4.69, 9.17) is 5.11 Å². The third-order valence-electron chi connectivity index (χ3n) is 3.06. The molecule has 1 amide bonds. The van der Waals surface area contributed by atoms with Gasteiger partial charge in [0.15, 0.2) is 0 Å². The zero-order chi connectivity index (χ0) is 12.6. The molecule has 1 N–H and O–H groups in total. The Hall–Kier alpha value is -1.68. The number of aliphatic hydroxyl groups excluding tert-OH is 1. The molecule has 0 aromatic heterocycles. The molecule has 0 spiro atoms. The van der Waals surface area contributed by atoms with Gasteiger partial charge < -0.3 is 10.0 Å². The quantitative estimate of drug-likeness (QED) is 0.798. The van der Waals surface area contributed by atoms with E-state index in [9.17, 15) is 9.59 Å². The number of Topliss-reactive ketones (excluding diaryl/α,β-unsaturated/α-hetero) is 1. The Kier molecular flexibility index (Phi) is 2.98. The average Bonchev–Trinajstić information content (AvgIpc) is 2.56. The van der Waals surface area contributed by atoms with Gasteiger partial charge in [-0.05, 0) is 31.4 Å². The molecule has 0 radical (unpaired) electrons. The SMILES string of the molecule is Cc1ccc(C)c2c1C(=O)C(=O)N2CCCO. The van der Waals surface area contributed by atoms with Crippen LogP contribution in [-0.2, 0) is 4.79 Å². The van der Waals surface area contributed by atoms with Crippen molar-refractivity contribution >= 4 is 17.4 Å². The maximum absolute atomic E-state index is 11.9. The molecule has 0 atom stereocenters. The van der Waals surface area contributed by atoms with Gasteiger partial charge in [-0.15, -0.1) is 0 Å². The molecule has 0 fully saturated rings. The third kappa shape index (κ3) is 1.74. The first-order chi connectivity index (χ1) is 8.07. The van der Waals surface area contributed by atoms with E-state index in [0.717, 1.165) is 11.1 Å². The van der Waals surface area contributed by atoms with Gasteiger partial charge in [0, 0.05) is 13.2 Å². The van der Waals surface area contributed by atoms with Crippen LogP contribution >= 0.6 is 0 Å². The molecule has 90 valence electrons. The second kappa shape index (κ2) is 4.30. The predicted molar refractivity (Wildman–Crippen MR) is 64.3 cm³/mol. The molecule has 0 bridgehead atoms. The predicted octanol–water partition coefficient (Wildman–Crippen LogP) is 1.22. The van der Waals surface area contributed by atoms with Crippen molar-refractivity contribution < 1.29 is 14.7 Å². The van der Waals surface area contributed by atoms with Crippen LogP contribution in [-0.4, -0.2) is 29.9 Å². The number of carbonyl (C=O) groups is 2. The Morgan fingerprint density at radius 3 is 2.47 bits per heavy atom. The summed E-state index contributed by atoms with van der Waals surface area (Å²) < 4.78 is 0. The van der Waals surface area contributed by atoms with Crippen molar-refractivity contribution in [2.75, 3.05) is 18.1 Å². The van der Waals surface area contributed by atoms with Crippen molar-refractivity contribution in [1.82, 2.24) is 0 Å². The molecule has 1 aromatic carbocycles. The highest BCUT2D eigenvalue weighted by Crippen LogP contribution is 2.34. The Morgan fingerprint density at radius 2 is 1.82 bits per heavy atom. The number of anilines is 1. The van der Waals surface area contributed by atoms with Crippen molar-refractivity contribution in [1.29, 1.82) is 0 Å². The number of benzene rings is 1. The molecule has 4 nitrogen and oxygen atoms in total. The van der Waals surface area contributed by atoms with Gasteiger partial charge in [-0.2, -0.15) is 0 Å². The Balaban J connectivity index is 2.52. The van der Waals surface area contributed by atoms with Crippen LogP contribution in [0.4, 0.5) is 5.69 Å². The summed E-state index contributed by atoms with van der Waals surface area (Å²) in [4.78, 5) is 25.2. The van der Waals surface area contributed by atoms with Gasteiger partial charge in [-0.3, -0.25) is 9.59 Å². The standard InChI is InChI=1S/C13H15NO3/c1-8-4-5-9(2)11-10(8)12(16)13(17)14(11)6-3-7-15/h4-5,15H,3,6-7H2,1-2H3. The van der Waals surface area contributed by atoms with Crippen LogP contribution in [0.5, 0.6) is 0 Å². The van der Waals surface area contributed by atoms with Crippen LogP contribution in [0.3, 0.4) is 0 Å². The Labute approximate surface area is 99.9 Å². The summed E-state index contributed by atoms with van der Waals surface area (Å²) in [6.45, 7) is 4.12. The molecule has 1 aliphatic rings. The lowest BCUT2D eigenvalue weighted by Gasteiger charge is -2.18. The third-order valence-corrected chi connectivity index (χ3v) is 3.06. The highest BCUT2D eigenvalue weighted by molar-refractivity contribution is 6.52. The summed E-state index contributed by atoms with van der Waals surface area (Å²) in [6.07, 6.45) is 0.478. The van der Waals surface area contributed by atoms with Gasteiger partial charge in [0.25, 0.3) is 11.7 Å². The zero-order valence-corrected chi connectivity index (χ0v) is 9.99. The molecule has 1 aromatic rings. The Bertz CT molecular complexity index is 494. The molecule has 1 aliphatic heterocycles. The number of aryl methyl sites for hydroxylation is 2. The van der Waals surface area contributed by atoms with Crippen LogP contribution in [0.15, 0.2) is 12.1 Å². The summed E-state index contributed by atoms with van der Waals surface area (Å²) in [5.41, 5.74) is 2.99. The van der Waals surface area contributed by atoms with Crippen molar-refractivity contribution in [3.05, 3.63) is 28.8 Å². The fraction of sp³-hybridized carbons (Fsp3) is 0.385. The van der Waals surface area contributed by atoms with E-state index < -0.39 is 11.7 Å². The molecule has 0 saturated carbocycles. The number of ketones is 1. The van der Waals surface area contributed by atoms with E-state index in [1.807, 2.05) is 26.0 Å². The van der Waals surface area contributed by atoms with Crippen molar-refractivity contribution in [2.24, 2.45) is 0 Å². The number of carbonyl (C=O) groups excluding carboxylic acids is 2. The molecule has 17 heavy (non-hydrogen) atoms. The summed E-state index contributed by atoms with van der Waals surface area (Å²) in [5, 5.41) is 8.83. The molecule has 0 aliphatic carbocycles. The molecular weight excluding hydrogens is 218 g/mol. The Morgan fingerprint density at radius 1 is 1.18 bits per heavy atom. The first-order valence-corrected chi connectivity index (χ1v) is 5.65. The van der Waals surface area contributed by atoms with Crippen LogP contribution < -0.4 is 4.90 Å². The first kappa shape index (κ1) is 11.8. The average molecular weight is 233 g/mol. The van der Waals surface area contributed by atoms with Crippen LogP contribution in [0.25, 0.3) is 0 Å².